The highest BCUT2D eigenvalue weighted by atomic mass is 16.5. The highest BCUT2D eigenvalue weighted by Gasteiger charge is 2.16. The van der Waals surface area contributed by atoms with E-state index >= 15 is 0 Å². The normalized spacial score (nSPS) is 10.9. The van der Waals surface area contributed by atoms with Crippen LogP contribution in [0.5, 0.6) is 5.75 Å². The fraction of sp³-hybridized carbons (Fsp3) is 0.231. The van der Waals surface area contributed by atoms with E-state index in [0.717, 1.165) is 11.6 Å². The smallest absolute Gasteiger partial charge is 0.338 e. The fourth-order valence-electron chi connectivity index (χ4n) is 1.55. The first-order chi connectivity index (χ1) is 8.49. The van der Waals surface area contributed by atoms with Crippen LogP contribution in [0.1, 0.15) is 11.1 Å². The molecule has 0 fully saturated rings. The molecule has 0 aliphatic rings. The quantitative estimate of drug-likeness (QED) is 0.649. The van der Waals surface area contributed by atoms with Gasteiger partial charge in [0.25, 0.3) is 0 Å². The molecule has 0 heterocycles. The van der Waals surface area contributed by atoms with Crippen LogP contribution >= 0.6 is 0 Å². The lowest BCUT2D eigenvalue weighted by Gasteiger charge is -2.10. The standard InChI is InChI=1S/C13H14O5/c1-8-6-9(17-2)4-5-10(8)11(7-12(14)15)13(16)18-3/h4-7H,1-3H3,(H,14,15). The van der Waals surface area contributed by atoms with Crippen molar-refractivity contribution in [3.05, 3.63) is 35.4 Å². The van der Waals surface area contributed by atoms with Crippen molar-refractivity contribution in [1.82, 2.24) is 0 Å². The highest BCUT2D eigenvalue weighted by molar-refractivity contribution is 6.20. The highest BCUT2D eigenvalue weighted by Crippen LogP contribution is 2.24. The largest absolute Gasteiger partial charge is 0.497 e. The number of carbonyl (C=O) groups is 2. The van der Waals surface area contributed by atoms with Gasteiger partial charge in [-0.25, -0.2) is 9.59 Å². The van der Waals surface area contributed by atoms with Gasteiger partial charge < -0.3 is 14.6 Å². The Balaban J connectivity index is 3.30. The van der Waals surface area contributed by atoms with Crippen molar-refractivity contribution < 1.29 is 24.2 Å². The van der Waals surface area contributed by atoms with Crippen molar-refractivity contribution in [2.45, 2.75) is 6.92 Å². The number of rotatable bonds is 4. The first-order valence-corrected chi connectivity index (χ1v) is 5.17. The number of aryl methyl sites for hydroxylation is 1. The summed E-state index contributed by atoms with van der Waals surface area (Å²) in [6.45, 7) is 1.76. The van der Waals surface area contributed by atoms with Crippen LogP contribution in [0.3, 0.4) is 0 Å². The van der Waals surface area contributed by atoms with E-state index in [1.807, 2.05) is 0 Å². The van der Waals surface area contributed by atoms with Crippen LogP contribution in [0.25, 0.3) is 5.57 Å². The van der Waals surface area contributed by atoms with Crippen LogP contribution < -0.4 is 4.74 Å². The molecule has 18 heavy (non-hydrogen) atoms. The number of carboxylic acids is 1. The number of hydrogen-bond donors (Lipinski definition) is 1. The van der Waals surface area contributed by atoms with E-state index in [0.29, 0.717) is 11.3 Å². The molecule has 5 heteroatoms. The van der Waals surface area contributed by atoms with Crippen molar-refractivity contribution in [1.29, 1.82) is 0 Å². The molecule has 0 saturated carbocycles. The predicted octanol–water partition coefficient (Wildman–Crippen LogP) is 1.64. The van der Waals surface area contributed by atoms with Crippen LogP contribution in [0.15, 0.2) is 24.3 Å². The van der Waals surface area contributed by atoms with E-state index in [2.05, 4.69) is 4.74 Å². The molecule has 0 bridgehead atoms. The minimum Gasteiger partial charge on any atom is -0.497 e. The SMILES string of the molecule is COC(=O)C(=CC(=O)O)c1ccc(OC)cc1C. The van der Waals surface area contributed by atoms with Crippen LogP contribution in [0.2, 0.25) is 0 Å². The maximum absolute atomic E-state index is 11.6. The molecule has 0 aromatic heterocycles. The number of ether oxygens (including phenoxy) is 2. The van der Waals surface area contributed by atoms with E-state index in [1.165, 1.54) is 14.2 Å². The average molecular weight is 250 g/mol. The van der Waals surface area contributed by atoms with Crippen molar-refractivity contribution in [3.8, 4) is 5.75 Å². The average Bonchev–Trinajstić information content (AvgIpc) is 2.35. The topological polar surface area (TPSA) is 72.8 Å². The van der Waals surface area contributed by atoms with Gasteiger partial charge in [-0.3, -0.25) is 0 Å². The van der Waals surface area contributed by atoms with E-state index in [4.69, 9.17) is 9.84 Å². The molecular formula is C13H14O5. The van der Waals surface area contributed by atoms with Gasteiger partial charge in [-0.05, 0) is 30.2 Å². The first-order valence-electron chi connectivity index (χ1n) is 5.17. The van der Waals surface area contributed by atoms with Crippen LogP contribution in [0, 0.1) is 6.92 Å². The zero-order valence-corrected chi connectivity index (χ0v) is 10.4. The number of carboxylic acid groups (broad SMARTS) is 1. The van der Waals surface area contributed by atoms with Crippen molar-refractivity contribution in [2.24, 2.45) is 0 Å². The van der Waals surface area contributed by atoms with Gasteiger partial charge in [0.05, 0.1) is 19.8 Å². The fourth-order valence-corrected chi connectivity index (χ4v) is 1.55. The summed E-state index contributed by atoms with van der Waals surface area (Å²) in [5, 5.41) is 8.77. The van der Waals surface area contributed by atoms with Gasteiger partial charge in [-0.2, -0.15) is 0 Å². The third-order valence-electron chi connectivity index (χ3n) is 2.40. The minimum absolute atomic E-state index is 0.00477. The second kappa shape index (κ2) is 5.86. The maximum atomic E-state index is 11.6. The molecule has 0 unspecified atom stereocenters. The van der Waals surface area contributed by atoms with E-state index < -0.39 is 11.9 Å². The number of hydrogen-bond acceptors (Lipinski definition) is 4. The first kappa shape index (κ1) is 13.8. The van der Waals surface area contributed by atoms with Gasteiger partial charge in [0.2, 0.25) is 0 Å². The number of esters is 1. The molecule has 0 amide bonds. The minimum atomic E-state index is -1.20. The predicted molar refractivity (Wildman–Crippen MR) is 65.4 cm³/mol. The molecule has 1 N–H and O–H groups in total. The van der Waals surface area contributed by atoms with Crippen LogP contribution in [-0.4, -0.2) is 31.3 Å². The Morgan fingerprint density at radius 3 is 2.39 bits per heavy atom. The molecule has 0 aliphatic heterocycles. The summed E-state index contributed by atoms with van der Waals surface area (Å²) < 4.78 is 9.62. The monoisotopic (exact) mass is 250 g/mol. The van der Waals surface area contributed by atoms with E-state index in [-0.39, 0.29) is 5.57 Å². The Labute approximate surface area is 105 Å². The second-order valence-electron chi connectivity index (χ2n) is 3.57. The van der Waals surface area contributed by atoms with Crippen LogP contribution in [-0.2, 0) is 14.3 Å². The Kier molecular flexibility index (Phi) is 4.48. The number of carbonyl (C=O) groups excluding carboxylic acids is 1. The van der Waals surface area contributed by atoms with Gasteiger partial charge in [-0.1, -0.05) is 6.07 Å². The van der Waals surface area contributed by atoms with Gasteiger partial charge >= 0.3 is 11.9 Å². The summed E-state index contributed by atoms with van der Waals surface area (Å²) in [6.07, 6.45) is 0.834. The van der Waals surface area contributed by atoms with Crippen molar-refractivity contribution in [2.75, 3.05) is 14.2 Å². The lowest BCUT2D eigenvalue weighted by molar-refractivity contribution is -0.135. The third-order valence-corrected chi connectivity index (χ3v) is 2.40. The molecular weight excluding hydrogens is 236 g/mol. The Bertz CT molecular complexity index is 502. The molecule has 96 valence electrons. The zero-order valence-electron chi connectivity index (χ0n) is 10.4. The number of methoxy groups -OCH3 is 2. The molecule has 0 radical (unpaired) electrons. The molecule has 1 aromatic rings. The summed E-state index contributed by atoms with van der Waals surface area (Å²) in [4.78, 5) is 22.3. The van der Waals surface area contributed by atoms with E-state index in [9.17, 15) is 9.59 Å². The Hall–Kier alpha value is -2.30. The summed E-state index contributed by atoms with van der Waals surface area (Å²) in [6, 6.07) is 4.99. The number of benzene rings is 1. The molecule has 0 atom stereocenters. The molecule has 0 saturated heterocycles. The van der Waals surface area contributed by atoms with Gasteiger partial charge in [0.15, 0.2) is 0 Å². The summed E-state index contributed by atoms with van der Waals surface area (Å²) >= 11 is 0. The zero-order chi connectivity index (χ0) is 13.7. The molecule has 1 aromatic carbocycles. The molecule has 5 nitrogen and oxygen atoms in total. The van der Waals surface area contributed by atoms with Gasteiger partial charge in [0.1, 0.15) is 5.75 Å². The van der Waals surface area contributed by atoms with Crippen molar-refractivity contribution in [3.63, 3.8) is 0 Å². The Morgan fingerprint density at radius 2 is 1.94 bits per heavy atom. The van der Waals surface area contributed by atoms with Crippen LogP contribution in [0.4, 0.5) is 0 Å². The summed E-state index contributed by atoms with van der Waals surface area (Å²) in [7, 11) is 2.74. The third kappa shape index (κ3) is 3.10. The van der Waals surface area contributed by atoms with Gasteiger partial charge in [0, 0.05) is 6.08 Å². The molecule has 0 spiro atoms. The second-order valence-corrected chi connectivity index (χ2v) is 3.57. The lowest BCUT2D eigenvalue weighted by Crippen LogP contribution is -2.07. The lowest BCUT2D eigenvalue weighted by atomic mass is 10.00. The summed E-state index contributed by atoms with van der Waals surface area (Å²) in [5.41, 5.74) is 1.24. The molecule has 0 aliphatic carbocycles. The van der Waals surface area contributed by atoms with Gasteiger partial charge in [-0.15, -0.1) is 0 Å². The number of aliphatic carboxylic acids is 1. The molecule has 1 rings (SSSR count). The van der Waals surface area contributed by atoms with Crippen molar-refractivity contribution >= 4 is 17.5 Å². The maximum Gasteiger partial charge on any atom is 0.338 e. The van der Waals surface area contributed by atoms with E-state index in [1.54, 1.807) is 25.1 Å². The Morgan fingerprint density at radius 1 is 1.28 bits per heavy atom. The summed E-state index contributed by atoms with van der Waals surface area (Å²) in [5.74, 6) is -1.26.